The highest BCUT2D eigenvalue weighted by atomic mass is 16.6. The molecule has 184 valence electrons. The molecule has 0 N–H and O–H groups in total. The third-order valence-electron chi connectivity index (χ3n) is 6.68. The number of likely N-dealkylation sites (tertiary alicyclic amines) is 1. The number of benzene rings is 1. The first-order valence-corrected chi connectivity index (χ1v) is 12.6. The van der Waals surface area contributed by atoms with Crippen molar-refractivity contribution in [2.24, 2.45) is 5.92 Å². The van der Waals surface area contributed by atoms with Crippen LogP contribution in [0.3, 0.4) is 0 Å². The Morgan fingerprint density at radius 3 is 2.56 bits per heavy atom. The topological polar surface area (TPSA) is 67.7 Å². The van der Waals surface area contributed by atoms with Crippen LogP contribution in [0.25, 0.3) is 5.69 Å². The van der Waals surface area contributed by atoms with Gasteiger partial charge < -0.3 is 14.5 Å². The molecule has 0 saturated carbocycles. The Morgan fingerprint density at radius 2 is 1.82 bits per heavy atom. The summed E-state index contributed by atoms with van der Waals surface area (Å²) in [4.78, 5) is 29.7. The molecule has 0 bridgehead atoms. The number of carbonyl (C=O) groups is 2. The average Bonchev–Trinajstić information content (AvgIpc) is 2.99. The number of fused-ring (bicyclic) bond motifs is 1. The normalized spacial score (nSPS) is 18.7. The summed E-state index contributed by atoms with van der Waals surface area (Å²) in [5, 5.41) is 4.87. The predicted molar refractivity (Wildman–Crippen MR) is 132 cm³/mol. The summed E-state index contributed by atoms with van der Waals surface area (Å²) in [5.41, 5.74) is 3.41. The fourth-order valence-corrected chi connectivity index (χ4v) is 5.08. The molecule has 1 aromatic carbocycles. The van der Waals surface area contributed by atoms with Crippen LogP contribution in [-0.4, -0.2) is 63.9 Å². The second-order valence-corrected chi connectivity index (χ2v) is 10.7. The number of piperidine rings is 1. The van der Waals surface area contributed by atoms with E-state index in [1.807, 2.05) is 48.6 Å². The fraction of sp³-hybridized carbons (Fsp3) is 0.593. The third kappa shape index (κ3) is 5.62. The second-order valence-electron chi connectivity index (χ2n) is 10.7. The van der Waals surface area contributed by atoms with E-state index in [0.29, 0.717) is 18.8 Å². The first-order valence-electron chi connectivity index (χ1n) is 12.6. The van der Waals surface area contributed by atoms with E-state index in [0.717, 1.165) is 56.3 Å². The van der Waals surface area contributed by atoms with E-state index in [1.54, 1.807) is 11.9 Å². The van der Waals surface area contributed by atoms with Crippen LogP contribution in [0.4, 0.5) is 4.79 Å². The van der Waals surface area contributed by atoms with Gasteiger partial charge in [0.25, 0.3) is 5.91 Å². The summed E-state index contributed by atoms with van der Waals surface area (Å²) in [7, 11) is 1.77. The zero-order valence-electron chi connectivity index (χ0n) is 21.0. The van der Waals surface area contributed by atoms with Gasteiger partial charge in [-0.3, -0.25) is 4.79 Å². The molecule has 7 heteroatoms. The van der Waals surface area contributed by atoms with Gasteiger partial charge in [-0.25, -0.2) is 9.48 Å². The second kappa shape index (κ2) is 10.2. The number of carbonyl (C=O) groups excluding carboxylic acids is 2. The number of nitrogens with zero attached hydrogens (tertiary/aromatic N) is 4. The highest BCUT2D eigenvalue weighted by Gasteiger charge is 2.32. The summed E-state index contributed by atoms with van der Waals surface area (Å²) in [6.07, 6.45) is 6.87. The highest BCUT2D eigenvalue weighted by molar-refractivity contribution is 5.94. The lowest BCUT2D eigenvalue weighted by molar-refractivity contribution is 0.0244. The van der Waals surface area contributed by atoms with Crippen molar-refractivity contribution < 1.29 is 14.3 Å². The Labute approximate surface area is 203 Å². The predicted octanol–water partition coefficient (Wildman–Crippen LogP) is 4.86. The fourth-order valence-electron chi connectivity index (χ4n) is 5.08. The lowest BCUT2D eigenvalue weighted by Gasteiger charge is -2.35. The summed E-state index contributed by atoms with van der Waals surface area (Å²) in [6.45, 7) is 7.57. The first kappa shape index (κ1) is 24.3. The van der Waals surface area contributed by atoms with Gasteiger partial charge in [-0.1, -0.05) is 24.6 Å². The molecule has 0 spiro atoms. The maximum atomic E-state index is 13.7. The van der Waals surface area contributed by atoms with Gasteiger partial charge in [0.2, 0.25) is 0 Å². The summed E-state index contributed by atoms with van der Waals surface area (Å²) >= 11 is 0. The molecule has 4 rings (SSSR count). The first-order chi connectivity index (χ1) is 16.2. The molecule has 1 unspecified atom stereocenters. The van der Waals surface area contributed by atoms with E-state index in [-0.39, 0.29) is 17.9 Å². The molecule has 1 aliphatic heterocycles. The zero-order chi connectivity index (χ0) is 24.3. The van der Waals surface area contributed by atoms with E-state index >= 15 is 0 Å². The molecule has 1 saturated heterocycles. The quantitative estimate of drug-likeness (QED) is 0.604. The van der Waals surface area contributed by atoms with Gasteiger partial charge in [0, 0.05) is 37.9 Å². The van der Waals surface area contributed by atoms with Crippen molar-refractivity contribution in [3.63, 3.8) is 0 Å². The lowest BCUT2D eigenvalue weighted by atomic mass is 9.96. The third-order valence-corrected chi connectivity index (χ3v) is 6.68. The van der Waals surface area contributed by atoms with Crippen molar-refractivity contribution >= 4 is 12.0 Å². The van der Waals surface area contributed by atoms with Crippen LogP contribution >= 0.6 is 0 Å². The van der Waals surface area contributed by atoms with Crippen molar-refractivity contribution in [3.8, 4) is 5.69 Å². The minimum Gasteiger partial charge on any atom is -0.444 e. The van der Waals surface area contributed by atoms with Crippen molar-refractivity contribution in [3.05, 3.63) is 47.3 Å². The number of rotatable bonds is 4. The van der Waals surface area contributed by atoms with Crippen LogP contribution < -0.4 is 0 Å². The number of hydrogen-bond donors (Lipinski definition) is 0. The summed E-state index contributed by atoms with van der Waals surface area (Å²) in [6, 6.07) is 10.1. The summed E-state index contributed by atoms with van der Waals surface area (Å²) in [5.74, 6) is 0.252. The largest absolute Gasteiger partial charge is 0.444 e. The van der Waals surface area contributed by atoms with Gasteiger partial charge in [0.15, 0.2) is 5.69 Å². The van der Waals surface area contributed by atoms with E-state index in [1.165, 1.54) is 12.1 Å². The molecule has 2 aromatic rings. The Morgan fingerprint density at radius 1 is 1.09 bits per heavy atom. The number of hydrogen-bond acceptors (Lipinski definition) is 4. The van der Waals surface area contributed by atoms with Crippen LogP contribution in [0.2, 0.25) is 0 Å². The standard InChI is InChI=1S/C27H38N4O3/c1-27(2,3)34-26(33)29(4)18-20-12-11-17-30(19-20)25(32)24-22-15-9-6-10-16-23(22)31(28-24)21-13-7-5-8-14-21/h5,7-8,13-14,20H,6,9-12,15-19H2,1-4H3. The van der Waals surface area contributed by atoms with Crippen molar-refractivity contribution in [1.29, 1.82) is 0 Å². The minimum atomic E-state index is -0.519. The molecule has 7 nitrogen and oxygen atoms in total. The molecule has 0 radical (unpaired) electrons. The van der Waals surface area contributed by atoms with Gasteiger partial charge >= 0.3 is 6.09 Å². The SMILES string of the molecule is CN(CC1CCCN(C(=O)c2nn(-c3ccccc3)c3c2CCCCC3)C1)C(=O)OC(C)(C)C. The zero-order valence-corrected chi connectivity index (χ0v) is 21.0. The molecule has 34 heavy (non-hydrogen) atoms. The Bertz CT molecular complexity index is 1010. The number of ether oxygens (including phenoxy) is 1. The minimum absolute atomic E-state index is 0.0254. The van der Waals surface area contributed by atoms with Gasteiger partial charge in [0.05, 0.1) is 5.69 Å². The van der Waals surface area contributed by atoms with Gasteiger partial charge in [-0.05, 0) is 77.3 Å². The van der Waals surface area contributed by atoms with Crippen LogP contribution in [0.5, 0.6) is 0 Å². The molecule has 1 fully saturated rings. The highest BCUT2D eigenvalue weighted by Crippen LogP contribution is 2.28. The molecular weight excluding hydrogens is 428 g/mol. The van der Waals surface area contributed by atoms with Crippen LogP contribution in [-0.2, 0) is 17.6 Å². The summed E-state index contributed by atoms with van der Waals surface area (Å²) < 4.78 is 7.49. The Hall–Kier alpha value is -2.83. The molecule has 2 amide bonds. The number of amides is 2. The van der Waals surface area contributed by atoms with Crippen LogP contribution in [0.1, 0.15) is 74.6 Å². The molecular formula is C27H38N4O3. The van der Waals surface area contributed by atoms with Gasteiger partial charge in [0.1, 0.15) is 5.60 Å². The molecule has 2 aliphatic rings. The van der Waals surface area contributed by atoms with E-state index in [4.69, 9.17) is 9.84 Å². The van der Waals surface area contributed by atoms with Crippen molar-refractivity contribution in [2.75, 3.05) is 26.7 Å². The van der Waals surface area contributed by atoms with Gasteiger partial charge in [-0.15, -0.1) is 0 Å². The number of para-hydroxylation sites is 1. The molecule has 2 heterocycles. The Kier molecular flexibility index (Phi) is 7.29. The molecule has 1 aromatic heterocycles. The Balaban J connectivity index is 1.51. The van der Waals surface area contributed by atoms with E-state index < -0.39 is 5.60 Å². The molecule has 1 aliphatic carbocycles. The lowest BCUT2D eigenvalue weighted by Crippen LogP contribution is -2.45. The van der Waals surface area contributed by atoms with Gasteiger partial charge in [-0.2, -0.15) is 5.10 Å². The van der Waals surface area contributed by atoms with E-state index in [2.05, 4.69) is 12.1 Å². The van der Waals surface area contributed by atoms with Crippen LogP contribution in [0.15, 0.2) is 30.3 Å². The average molecular weight is 467 g/mol. The van der Waals surface area contributed by atoms with E-state index in [9.17, 15) is 9.59 Å². The maximum absolute atomic E-state index is 13.7. The monoisotopic (exact) mass is 466 g/mol. The van der Waals surface area contributed by atoms with Crippen molar-refractivity contribution in [1.82, 2.24) is 19.6 Å². The van der Waals surface area contributed by atoms with Crippen molar-refractivity contribution in [2.45, 2.75) is 71.3 Å². The molecule has 1 atom stereocenters. The smallest absolute Gasteiger partial charge is 0.410 e. The number of aromatic nitrogens is 2. The van der Waals surface area contributed by atoms with Crippen LogP contribution in [0, 0.1) is 5.92 Å². The maximum Gasteiger partial charge on any atom is 0.410 e.